The third-order valence-electron chi connectivity index (χ3n) is 2.76. The molecule has 1 amide bonds. The number of carbonyl (C=O) groups excluding carboxylic acids is 1. The van der Waals surface area contributed by atoms with Gasteiger partial charge in [-0.1, -0.05) is 12.1 Å². The molecule has 1 atom stereocenters. The zero-order chi connectivity index (χ0) is 15.9. The Morgan fingerprint density at radius 1 is 1.27 bits per heavy atom. The minimum atomic E-state index is -4.35. The Hall–Kier alpha value is -1.47. The van der Waals surface area contributed by atoms with E-state index in [0.29, 0.717) is 13.0 Å². The first-order valence-electron chi connectivity index (χ1n) is 6.55. The highest BCUT2D eigenvalue weighted by Gasteiger charge is 2.28. The number of amides is 1. The third kappa shape index (κ3) is 8.09. The lowest BCUT2D eigenvalue weighted by molar-refractivity contribution is -0.153. The molecule has 0 fully saturated rings. The molecule has 0 aromatic heterocycles. The molecule has 0 saturated carbocycles. The maximum atomic E-state index is 12.0. The summed E-state index contributed by atoms with van der Waals surface area (Å²) in [7, 11) is 1.76. The first kappa shape index (κ1) is 20.5. The first-order valence-corrected chi connectivity index (χ1v) is 6.55. The predicted octanol–water partition coefficient (Wildman–Crippen LogP) is 2.84. The second-order valence-corrected chi connectivity index (χ2v) is 4.62. The van der Waals surface area contributed by atoms with Gasteiger partial charge in [0.25, 0.3) is 0 Å². The molecule has 126 valence electrons. The molecule has 2 N–H and O–H groups in total. The molecule has 0 saturated heterocycles. The van der Waals surface area contributed by atoms with Gasteiger partial charge in [0.05, 0.1) is 6.04 Å². The van der Waals surface area contributed by atoms with E-state index < -0.39 is 12.8 Å². The summed E-state index contributed by atoms with van der Waals surface area (Å²) in [5.41, 5.74) is 0.798. The molecule has 22 heavy (non-hydrogen) atoms. The average molecular weight is 341 g/mol. The molecule has 4 nitrogen and oxygen atoms in total. The molecular formula is C14H20ClF3N2O2. The number of rotatable bonds is 7. The highest BCUT2D eigenvalue weighted by molar-refractivity contribution is 5.85. The zero-order valence-corrected chi connectivity index (χ0v) is 13.2. The van der Waals surface area contributed by atoms with E-state index in [4.69, 9.17) is 0 Å². The van der Waals surface area contributed by atoms with Crippen LogP contribution in [0.2, 0.25) is 0 Å². The van der Waals surface area contributed by atoms with Gasteiger partial charge in [-0.2, -0.15) is 13.2 Å². The van der Waals surface area contributed by atoms with Crippen LogP contribution in [0.15, 0.2) is 24.3 Å². The quantitative estimate of drug-likeness (QED) is 0.802. The molecule has 0 aliphatic carbocycles. The van der Waals surface area contributed by atoms with Crippen LogP contribution in [-0.4, -0.2) is 32.3 Å². The van der Waals surface area contributed by atoms with E-state index in [2.05, 4.69) is 15.4 Å². The molecule has 0 heterocycles. The van der Waals surface area contributed by atoms with Gasteiger partial charge in [0, 0.05) is 13.0 Å². The van der Waals surface area contributed by atoms with E-state index >= 15 is 0 Å². The Balaban J connectivity index is 0.00000441. The van der Waals surface area contributed by atoms with Crippen molar-refractivity contribution in [3.05, 3.63) is 29.8 Å². The maximum absolute atomic E-state index is 12.0. The molecule has 0 bridgehead atoms. The van der Waals surface area contributed by atoms with Crippen LogP contribution in [-0.2, 0) is 4.79 Å². The van der Waals surface area contributed by atoms with Crippen molar-refractivity contribution in [2.24, 2.45) is 0 Å². The van der Waals surface area contributed by atoms with Crippen molar-refractivity contribution in [3.63, 3.8) is 0 Å². The van der Waals surface area contributed by atoms with Crippen LogP contribution in [0.5, 0.6) is 5.75 Å². The van der Waals surface area contributed by atoms with Gasteiger partial charge in [0.1, 0.15) is 5.75 Å². The molecule has 1 rings (SSSR count). The zero-order valence-electron chi connectivity index (χ0n) is 12.4. The van der Waals surface area contributed by atoms with Gasteiger partial charge in [-0.15, -0.1) is 12.4 Å². The van der Waals surface area contributed by atoms with E-state index in [1.54, 1.807) is 19.2 Å². The molecule has 1 aromatic carbocycles. The topological polar surface area (TPSA) is 50.4 Å². The summed E-state index contributed by atoms with van der Waals surface area (Å²) in [6.07, 6.45) is -3.99. The number of nitrogens with one attached hydrogen (secondary N) is 2. The lowest BCUT2D eigenvalue weighted by Gasteiger charge is -2.15. The summed E-state index contributed by atoms with van der Waals surface area (Å²) >= 11 is 0. The van der Waals surface area contributed by atoms with Gasteiger partial charge in [-0.3, -0.25) is 4.79 Å². The number of ether oxygens (including phenoxy) is 1. The van der Waals surface area contributed by atoms with Gasteiger partial charge >= 0.3 is 6.18 Å². The minimum absolute atomic E-state index is 0. The second kappa shape index (κ2) is 9.53. The largest absolute Gasteiger partial charge is 0.484 e. The van der Waals surface area contributed by atoms with Crippen molar-refractivity contribution in [1.29, 1.82) is 0 Å². The van der Waals surface area contributed by atoms with Crippen LogP contribution >= 0.6 is 12.4 Å². The number of benzene rings is 1. The minimum Gasteiger partial charge on any atom is -0.484 e. The molecule has 0 radical (unpaired) electrons. The lowest BCUT2D eigenvalue weighted by atomic mass is 10.1. The number of hydrogen-bond donors (Lipinski definition) is 2. The fourth-order valence-electron chi connectivity index (χ4n) is 1.65. The number of hydrogen-bond acceptors (Lipinski definition) is 3. The summed E-state index contributed by atoms with van der Waals surface area (Å²) < 4.78 is 40.7. The molecule has 8 heteroatoms. The standard InChI is InChI=1S/C14H19F3N2O2.ClH/c1-10(19-13(20)7-8-18-2)11-3-5-12(6-4-11)21-9-14(15,16)17;/h3-6,10,18H,7-9H2,1-2H3,(H,19,20);1H. The van der Waals surface area contributed by atoms with Crippen molar-refractivity contribution in [2.75, 3.05) is 20.2 Å². The number of halogens is 4. The third-order valence-corrected chi connectivity index (χ3v) is 2.76. The van der Waals surface area contributed by atoms with Gasteiger partial charge in [0.15, 0.2) is 6.61 Å². The van der Waals surface area contributed by atoms with Crippen LogP contribution in [0, 0.1) is 0 Å². The van der Waals surface area contributed by atoms with E-state index in [9.17, 15) is 18.0 Å². The van der Waals surface area contributed by atoms with Crippen LogP contribution in [0.3, 0.4) is 0 Å². The normalized spacial score (nSPS) is 12.2. The monoisotopic (exact) mass is 340 g/mol. The number of alkyl halides is 3. The van der Waals surface area contributed by atoms with Crippen LogP contribution < -0.4 is 15.4 Å². The lowest BCUT2D eigenvalue weighted by Crippen LogP contribution is -2.29. The molecule has 0 aliphatic heterocycles. The van der Waals surface area contributed by atoms with E-state index in [1.807, 2.05) is 6.92 Å². The number of carbonyl (C=O) groups is 1. The van der Waals surface area contributed by atoms with Crippen LogP contribution in [0.25, 0.3) is 0 Å². The van der Waals surface area contributed by atoms with E-state index in [1.165, 1.54) is 12.1 Å². The molecule has 1 unspecified atom stereocenters. The fraction of sp³-hybridized carbons (Fsp3) is 0.500. The van der Waals surface area contributed by atoms with Crippen molar-refractivity contribution >= 4 is 18.3 Å². The summed E-state index contributed by atoms with van der Waals surface area (Å²) in [5.74, 6) is 0.0547. The summed E-state index contributed by atoms with van der Waals surface area (Å²) in [6.45, 7) is 1.08. The van der Waals surface area contributed by atoms with Crippen molar-refractivity contribution in [3.8, 4) is 5.75 Å². The highest BCUT2D eigenvalue weighted by Crippen LogP contribution is 2.21. The predicted molar refractivity (Wildman–Crippen MR) is 80.3 cm³/mol. The summed E-state index contributed by atoms with van der Waals surface area (Å²) in [6, 6.07) is 5.96. The summed E-state index contributed by atoms with van der Waals surface area (Å²) in [5, 5.41) is 5.68. The fourth-order valence-corrected chi connectivity index (χ4v) is 1.65. The van der Waals surface area contributed by atoms with Gasteiger partial charge in [0.2, 0.25) is 5.91 Å². The van der Waals surface area contributed by atoms with Crippen LogP contribution in [0.4, 0.5) is 13.2 Å². The molecule has 0 spiro atoms. The van der Waals surface area contributed by atoms with Crippen molar-refractivity contribution < 1.29 is 22.7 Å². The average Bonchev–Trinajstić information content (AvgIpc) is 2.42. The van der Waals surface area contributed by atoms with Crippen LogP contribution in [0.1, 0.15) is 24.9 Å². The Morgan fingerprint density at radius 2 is 1.86 bits per heavy atom. The van der Waals surface area contributed by atoms with E-state index in [0.717, 1.165) is 5.56 Å². The Bertz CT molecular complexity index is 452. The SMILES string of the molecule is CNCCC(=O)NC(C)c1ccc(OCC(F)(F)F)cc1.Cl. The maximum Gasteiger partial charge on any atom is 0.422 e. The Morgan fingerprint density at radius 3 is 2.36 bits per heavy atom. The highest BCUT2D eigenvalue weighted by atomic mass is 35.5. The molecular weight excluding hydrogens is 321 g/mol. The van der Waals surface area contributed by atoms with Crippen molar-refractivity contribution in [2.45, 2.75) is 25.6 Å². The van der Waals surface area contributed by atoms with Crippen molar-refractivity contribution in [1.82, 2.24) is 10.6 Å². The smallest absolute Gasteiger partial charge is 0.422 e. The second-order valence-electron chi connectivity index (χ2n) is 4.62. The van der Waals surface area contributed by atoms with Gasteiger partial charge in [-0.25, -0.2) is 0 Å². The van der Waals surface area contributed by atoms with E-state index in [-0.39, 0.29) is 30.1 Å². The Kier molecular flexibility index (Phi) is 8.89. The van der Waals surface area contributed by atoms with Gasteiger partial charge in [-0.05, 0) is 31.7 Å². The summed E-state index contributed by atoms with van der Waals surface area (Å²) in [4.78, 5) is 11.6. The molecule has 1 aromatic rings. The molecule has 0 aliphatic rings. The first-order chi connectivity index (χ1) is 9.81. The van der Waals surface area contributed by atoms with Gasteiger partial charge < -0.3 is 15.4 Å². The Labute approximate surface area is 133 Å².